The number of benzene rings is 2. The number of rotatable bonds is 4. The second-order valence-electron chi connectivity index (χ2n) is 3.86. The van der Waals surface area contributed by atoms with E-state index in [4.69, 9.17) is 9.84 Å². The van der Waals surface area contributed by atoms with Crippen molar-refractivity contribution in [3.8, 4) is 5.75 Å². The molecule has 0 saturated carbocycles. The summed E-state index contributed by atoms with van der Waals surface area (Å²) < 4.78 is 7.42. The molecule has 19 heavy (non-hydrogen) atoms. The molecule has 0 bridgehead atoms. The van der Waals surface area contributed by atoms with Crippen molar-refractivity contribution < 1.29 is 14.6 Å². The predicted octanol–water partition coefficient (Wildman–Crippen LogP) is 4.33. The molecule has 2 aromatic rings. The summed E-state index contributed by atoms with van der Waals surface area (Å²) in [5.41, 5.74) is 1.16. The van der Waals surface area contributed by atoms with E-state index in [0.29, 0.717) is 12.4 Å². The number of carbonyl (C=O) groups is 1. The van der Waals surface area contributed by atoms with E-state index in [9.17, 15) is 4.79 Å². The van der Waals surface area contributed by atoms with Gasteiger partial charge >= 0.3 is 5.97 Å². The van der Waals surface area contributed by atoms with Crippen molar-refractivity contribution in [1.29, 1.82) is 0 Å². The third-order valence-corrected chi connectivity index (χ3v) is 3.62. The van der Waals surface area contributed by atoms with Crippen LogP contribution < -0.4 is 4.74 Å². The van der Waals surface area contributed by atoms with Crippen LogP contribution in [0.4, 0.5) is 0 Å². The van der Waals surface area contributed by atoms with Gasteiger partial charge in [-0.2, -0.15) is 0 Å². The van der Waals surface area contributed by atoms with Crippen molar-refractivity contribution in [3.63, 3.8) is 0 Å². The molecule has 0 fully saturated rings. The number of hydrogen-bond donors (Lipinski definition) is 1. The maximum Gasteiger partial charge on any atom is 0.339 e. The molecule has 0 heterocycles. The lowest BCUT2D eigenvalue weighted by Gasteiger charge is -2.09. The topological polar surface area (TPSA) is 46.5 Å². The SMILES string of the molecule is O=C(O)c1cc(I)ccc1OCc1cccc(Br)c1. The highest BCUT2D eigenvalue weighted by Gasteiger charge is 2.11. The van der Waals surface area contributed by atoms with E-state index in [1.165, 1.54) is 0 Å². The number of aromatic carboxylic acids is 1. The van der Waals surface area contributed by atoms with Crippen LogP contribution in [0, 0.1) is 3.57 Å². The summed E-state index contributed by atoms with van der Waals surface area (Å²) in [7, 11) is 0. The molecule has 0 aliphatic carbocycles. The van der Waals surface area contributed by atoms with Crippen molar-refractivity contribution in [2.24, 2.45) is 0 Å². The minimum atomic E-state index is -0.984. The first-order valence-corrected chi connectivity index (χ1v) is 7.33. The second kappa shape index (κ2) is 6.38. The third kappa shape index (κ3) is 3.94. The Morgan fingerprint density at radius 1 is 1.26 bits per heavy atom. The zero-order valence-corrected chi connectivity index (χ0v) is 13.5. The van der Waals surface area contributed by atoms with Crippen LogP contribution in [-0.2, 0) is 6.61 Å². The van der Waals surface area contributed by atoms with Gasteiger partial charge in [0.05, 0.1) is 0 Å². The number of hydrogen-bond acceptors (Lipinski definition) is 2. The molecule has 0 aliphatic heterocycles. The highest BCUT2D eigenvalue weighted by molar-refractivity contribution is 14.1. The first-order valence-electron chi connectivity index (χ1n) is 5.46. The Kier molecular flexibility index (Phi) is 4.81. The van der Waals surface area contributed by atoms with E-state index in [2.05, 4.69) is 38.5 Å². The molecule has 0 aromatic heterocycles. The van der Waals surface area contributed by atoms with Gasteiger partial charge in [0, 0.05) is 8.04 Å². The Balaban J connectivity index is 2.17. The number of carboxylic acids is 1. The lowest BCUT2D eigenvalue weighted by Crippen LogP contribution is -2.03. The quantitative estimate of drug-likeness (QED) is 0.731. The maximum atomic E-state index is 11.1. The Morgan fingerprint density at radius 3 is 2.74 bits per heavy atom. The third-order valence-electron chi connectivity index (χ3n) is 2.46. The van der Waals surface area contributed by atoms with Gasteiger partial charge in [-0.15, -0.1) is 0 Å². The summed E-state index contributed by atoms with van der Waals surface area (Å²) in [6, 6.07) is 12.8. The van der Waals surface area contributed by atoms with Crippen LogP contribution >= 0.6 is 38.5 Å². The van der Waals surface area contributed by atoms with Gasteiger partial charge < -0.3 is 9.84 Å². The maximum absolute atomic E-state index is 11.1. The largest absolute Gasteiger partial charge is 0.488 e. The fourth-order valence-corrected chi connectivity index (χ4v) is 2.52. The first kappa shape index (κ1) is 14.3. The van der Waals surface area contributed by atoms with E-state index >= 15 is 0 Å². The molecule has 3 nitrogen and oxygen atoms in total. The van der Waals surface area contributed by atoms with Gasteiger partial charge in [-0.1, -0.05) is 28.1 Å². The fraction of sp³-hybridized carbons (Fsp3) is 0.0714. The molecule has 0 saturated heterocycles. The molecule has 5 heteroatoms. The molecule has 0 unspecified atom stereocenters. The summed E-state index contributed by atoms with van der Waals surface area (Å²) in [4.78, 5) is 11.1. The molecule has 0 radical (unpaired) electrons. The van der Waals surface area contributed by atoms with E-state index in [1.807, 2.05) is 30.3 Å². The average Bonchev–Trinajstić information content (AvgIpc) is 2.37. The molecular weight excluding hydrogens is 423 g/mol. The van der Waals surface area contributed by atoms with Crippen LogP contribution in [0.15, 0.2) is 46.9 Å². The van der Waals surface area contributed by atoms with Crippen molar-refractivity contribution in [3.05, 3.63) is 61.6 Å². The molecule has 0 atom stereocenters. The van der Waals surface area contributed by atoms with Crippen LogP contribution in [0.1, 0.15) is 15.9 Å². The number of halogens is 2. The van der Waals surface area contributed by atoms with Gasteiger partial charge in [-0.3, -0.25) is 0 Å². The Bertz CT molecular complexity index is 613. The molecule has 2 rings (SSSR count). The molecule has 0 aliphatic rings. The predicted molar refractivity (Wildman–Crippen MR) is 84.6 cm³/mol. The van der Waals surface area contributed by atoms with Crippen LogP contribution in [-0.4, -0.2) is 11.1 Å². The van der Waals surface area contributed by atoms with Crippen molar-refractivity contribution in [1.82, 2.24) is 0 Å². The Morgan fingerprint density at radius 2 is 2.05 bits per heavy atom. The lowest BCUT2D eigenvalue weighted by atomic mass is 10.2. The molecule has 98 valence electrons. The van der Waals surface area contributed by atoms with Gasteiger partial charge in [-0.25, -0.2) is 4.79 Å². The van der Waals surface area contributed by atoms with Crippen LogP contribution in [0.5, 0.6) is 5.75 Å². The van der Waals surface area contributed by atoms with E-state index in [-0.39, 0.29) is 5.56 Å². The molecule has 0 amide bonds. The van der Waals surface area contributed by atoms with E-state index in [1.54, 1.807) is 12.1 Å². The summed E-state index contributed by atoms with van der Waals surface area (Å²) in [6.07, 6.45) is 0. The first-order chi connectivity index (χ1) is 9.06. The van der Waals surface area contributed by atoms with Gasteiger partial charge in [0.25, 0.3) is 0 Å². The number of carboxylic acid groups (broad SMARTS) is 1. The smallest absolute Gasteiger partial charge is 0.339 e. The molecular formula is C14H10BrIO3. The average molecular weight is 433 g/mol. The minimum absolute atomic E-state index is 0.182. The Hall–Kier alpha value is -1.08. The molecule has 1 N–H and O–H groups in total. The minimum Gasteiger partial charge on any atom is -0.488 e. The van der Waals surface area contributed by atoms with Crippen LogP contribution in [0.25, 0.3) is 0 Å². The highest BCUT2D eigenvalue weighted by Crippen LogP contribution is 2.23. The van der Waals surface area contributed by atoms with Gasteiger partial charge in [-0.05, 0) is 58.5 Å². The zero-order valence-electron chi connectivity index (χ0n) is 9.77. The van der Waals surface area contributed by atoms with Crippen molar-refractivity contribution in [2.45, 2.75) is 6.61 Å². The lowest BCUT2D eigenvalue weighted by molar-refractivity contribution is 0.0691. The van der Waals surface area contributed by atoms with E-state index < -0.39 is 5.97 Å². The zero-order chi connectivity index (χ0) is 13.8. The normalized spacial score (nSPS) is 10.2. The summed E-state index contributed by atoms with van der Waals surface area (Å²) in [5, 5.41) is 9.14. The second-order valence-corrected chi connectivity index (χ2v) is 6.03. The van der Waals surface area contributed by atoms with Crippen LogP contribution in [0.3, 0.4) is 0 Å². The molecule has 0 spiro atoms. The van der Waals surface area contributed by atoms with Gasteiger partial charge in [0.15, 0.2) is 0 Å². The van der Waals surface area contributed by atoms with Crippen molar-refractivity contribution in [2.75, 3.05) is 0 Å². The monoisotopic (exact) mass is 432 g/mol. The van der Waals surface area contributed by atoms with E-state index in [0.717, 1.165) is 13.6 Å². The van der Waals surface area contributed by atoms with Gasteiger partial charge in [0.1, 0.15) is 17.9 Å². The molecule has 2 aromatic carbocycles. The van der Waals surface area contributed by atoms with Crippen molar-refractivity contribution >= 4 is 44.5 Å². The van der Waals surface area contributed by atoms with Crippen LogP contribution in [0.2, 0.25) is 0 Å². The van der Waals surface area contributed by atoms with Gasteiger partial charge in [0.2, 0.25) is 0 Å². The standard InChI is InChI=1S/C14H10BrIO3/c15-10-3-1-2-9(6-10)8-19-13-5-4-11(16)7-12(13)14(17)18/h1-7H,8H2,(H,17,18). The highest BCUT2D eigenvalue weighted by atomic mass is 127. The Labute approximate surface area is 132 Å². The summed E-state index contributed by atoms with van der Waals surface area (Å²) in [6.45, 7) is 0.334. The fourth-order valence-electron chi connectivity index (χ4n) is 1.58. The summed E-state index contributed by atoms with van der Waals surface area (Å²) in [5.74, 6) is -0.601. The number of ether oxygens (including phenoxy) is 1. The summed E-state index contributed by atoms with van der Waals surface area (Å²) >= 11 is 5.46.